The molecule has 1 N–H and O–H groups in total. The zero-order valence-corrected chi connectivity index (χ0v) is 13.1. The summed E-state index contributed by atoms with van der Waals surface area (Å²) in [5.41, 5.74) is 2.41. The standard InChI is InChI=1S/C18H24N2O/c1-4-11-19-18-16(6-5-12-20-18)13-21-17-9-7-15(8-10-17)14(2)3/h5-10,12,14H,4,11,13H2,1-3H3,(H,19,20). The molecule has 0 unspecified atom stereocenters. The molecular weight excluding hydrogens is 260 g/mol. The van der Waals surface area contributed by atoms with Gasteiger partial charge < -0.3 is 10.1 Å². The van der Waals surface area contributed by atoms with Crippen LogP contribution in [0.25, 0.3) is 0 Å². The Kier molecular flexibility index (Phi) is 5.61. The van der Waals surface area contributed by atoms with Crippen LogP contribution in [-0.4, -0.2) is 11.5 Å². The third kappa shape index (κ3) is 4.48. The Labute approximate surface area is 127 Å². The normalized spacial score (nSPS) is 10.7. The fourth-order valence-corrected chi connectivity index (χ4v) is 2.07. The van der Waals surface area contributed by atoms with Crippen molar-refractivity contribution in [2.45, 2.75) is 39.7 Å². The molecule has 1 aromatic carbocycles. The van der Waals surface area contributed by atoms with Gasteiger partial charge in [0.25, 0.3) is 0 Å². The number of rotatable bonds is 7. The van der Waals surface area contributed by atoms with Gasteiger partial charge in [0.05, 0.1) is 0 Å². The van der Waals surface area contributed by atoms with Gasteiger partial charge in [0.15, 0.2) is 0 Å². The van der Waals surface area contributed by atoms with Crippen molar-refractivity contribution in [3.63, 3.8) is 0 Å². The zero-order chi connectivity index (χ0) is 15.1. The van der Waals surface area contributed by atoms with Crippen molar-refractivity contribution in [2.24, 2.45) is 0 Å². The van der Waals surface area contributed by atoms with Crippen molar-refractivity contribution >= 4 is 5.82 Å². The van der Waals surface area contributed by atoms with Crippen LogP contribution in [0.15, 0.2) is 42.6 Å². The zero-order valence-electron chi connectivity index (χ0n) is 13.1. The van der Waals surface area contributed by atoms with Crippen molar-refractivity contribution in [2.75, 3.05) is 11.9 Å². The second-order valence-corrected chi connectivity index (χ2v) is 5.45. The number of nitrogens with one attached hydrogen (secondary N) is 1. The van der Waals surface area contributed by atoms with Gasteiger partial charge in [-0.25, -0.2) is 4.98 Å². The molecule has 0 saturated heterocycles. The molecule has 0 radical (unpaired) electrons. The molecule has 0 aliphatic rings. The molecule has 0 aliphatic carbocycles. The molecular formula is C18H24N2O. The smallest absolute Gasteiger partial charge is 0.132 e. The first-order chi connectivity index (χ1) is 10.2. The fraction of sp³-hybridized carbons (Fsp3) is 0.389. The average molecular weight is 284 g/mol. The summed E-state index contributed by atoms with van der Waals surface area (Å²) in [5.74, 6) is 2.35. The summed E-state index contributed by atoms with van der Waals surface area (Å²) in [6.07, 6.45) is 2.88. The monoisotopic (exact) mass is 284 g/mol. The number of hydrogen-bond donors (Lipinski definition) is 1. The second-order valence-electron chi connectivity index (χ2n) is 5.45. The Hall–Kier alpha value is -2.03. The van der Waals surface area contributed by atoms with E-state index < -0.39 is 0 Å². The molecule has 3 nitrogen and oxygen atoms in total. The molecule has 0 fully saturated rings. The highest BCUT2D eigenvalue weighted by molar-refractivity contribution is 5.43. The number of nitrogens with zero attached hydrogens (tertiary/aromatic N) is 1. The van der Waals surface area contributed by atoms with Crippen LogP contribution in [0.1, 0.15) is 44.2 Å². The van der Waals surface area contributed by atoms with E-state index in [4.69, 9.17) is 4.74 Å². The number of anilines is 1. The van der Waals surface area contributed by atoms with Gasteiger partial charge in [0, 0.05) is 18.3 Å². The van der Waals surface area contributed by atoms with Gasteiger partial charge in [0.2, 0.25) is 0 Å². The minimum atomic E-state index is 0.529. The highest BCUT2D eigenvalue weighted by Gasteiger charge is 2.04. The van der Waals surface area contributed by atoms with Gasteiger partial charge in [-0.15, -0.1) is 0 Å². The molecule has 0 aliphatic heterocycles. The van der Waals surface area contributed by atoms with Crippen LogP contribution in [0.3, 0.4) is 0 Å². The Morgan fingerprint density at radius 2 is 1.90 bits per heavy atom. The summed E-state index contributed by atoms with van der Waals surface area (Å²) in [4.78, 5) is 4.37. The number of benzene rings is 1. The molecule has 112 valence electrons. The molecule has 0 spiro atoms. The van der Waals surface area contributed by atoms with Crippen LogP contribution in [0.5, 0.6) is 5.75 Å². The lowest BCUT2D eigenvalue weighted by Crippen LogP contribution is -2.07. The quantitative estimate of drug-likeness (QED) is 0.806. The van der Waals surface area contributed by atoms with Crippen molar-refractivity contribution in [1.29, 1.82) is 0 Å². The summed E-state index contributed by atoms with van der Waals surface area (Å²) in [6.45, 7) is 7.98. The Bertz CT molecular complexity index is 549. The van der Waals surface area contributed by atoms with Crippen LogP contribution < -0.4 is 10.1 Å². The molecule has 3 heteroatoms. The molecule has 1 heterocycles. The maximum Gasteiger partial charge on any atom is 0.132 e. The van der Waals surface area contributed by atoms with Crippen LogP contribution in [-0.2, 0) is 6.61 Å². The van der Waals surface area contributed by atoms with Gasteiger partial charge in [-0.3, -0.25) is 0 Å². The third-order valence-electron chi connectivity index (χ3n) is 3.37. The highest BCUT2D eigenvalue weighted by atomic mass is 16.5. The summed E-state index contributed by atoms with van der Waals surface area (Å²) < 4.78 is 5.87. The highest BCUT2D eigenvalue weighted by Crippen LogP contribution is 2.20. The Balaban J connectivity index is 1.99. The van der Waals surface area contributed by atoms with E-state index in [2.05, 4.69) is 43.2 Å². The van der Waals surface area contributed by atoms with E-state index >= 15 is 0 Å². The molecule has 2 aromatic rings. The SMILES string of the molecule is CCCNc1ncccc1COc1ccc(C(C)C)cc1. The summed E-state index contributed by atoms with van der Waals surface area (Å²) >= 11 is 0. The average Bonchev–Trinajstić information content (AvgIpc) is 2.52. The summed E-state index contributed by atoms with van der Waals surface area (Å²) in [6, 6.07) is 12.3. The van der Waals surface area contributed by atoms with Gasteiger partial charge in [-0.2, -0.15) is 0 Å². The van der Waals surface area contributed by atoms with Gasteiger partial charge in [-0.1, -0.05) is 39.0 Å². The summed E-state index contributed by atoms with van der Waals surface area (Å²) in [7, 11) is 0. The van der Waals surface area contributed by atoms with E-state index in [0.717, 1.165) is 30.1 Å². The first-order valence-electron chi connectivity index (χ1n) is 7.61. The van der Waals surface area contributed by atoms with Gasteiger partial charge >= 0.3 is 0 Å². The topological polar surface area (TPSA) is 34.2 Å². The van der Waals surface area contributed by atoms with Crippen molar-refractivity contribution in [3.8, 4) is 5.75 Å². The lowest BCUT2D eigenvalue weighted by molar-refractivity contribution is 0.306. The number of ether oxygens (including phenoxy) is 1. The van der Waals surface area contributed by atoms with E-state index in [-0.39, 0.29) is 0 Å². The van der Waals surface area contributed by atoms with Crippen molar-refractivity contribution < 1.29 is 4.74 Å². The third-order valence-corrected chi connectivity index (χ3v) is 3.37. The van der Waals surface area contributed by atoms with Gasteiger partial charge in [-0.05, 0) is 36.1 Å². The van der Waals surface area contributed by atoms with Crippen LogP contribution >= 0.6 is 0 Å². The second kappa shape index (κ2) is 7.67. The first kappa shape index (κ1) is 15.4. The van der Waals surface area contributed by atoms with Gasteiger partial charge in [0.1, 0.15) is 18.2 Å². The van der Waals surface area contributed by atoms with Crippen molar-refractivity contribution in [1.82, 2.24) is 4.98 Å². The lowest BCUT2D eigenvalue weighted by Gasteiger charge is -2.12. The molecule has 0 amide bonds. The molecule has 0 bridgehead atoms. The van der Waals surface area contributed by atoms with E-state index in [0.29, 0.717) is 12.5 Å². The van der Waals surface area contributed by atoms with Crippen LogP contribution in [0, 0.1) is 0 Å². The fourth-order valence-electron chi connectivity index (χ4n) is 2.07. The number of aromatic nitrogens is 1. The molecule has 1 aromatic heterocycles. The first-order valence-corrected chi connectivity index (χ1v) is 7.61. The minimum absolute atomic E-state index is 0.529. The van der Waals surface area contributed by atoms with Crippen molar-refractivity contribution in [3.05, 3.63) is 53.7 Å². The van der Waals surface area contributed by atoms with E-state index in [1.165, 1.54) is 5.56 Å². The van der Waals surface area contributed by atoms with E-state index in [9.17, 15) is 0 Å². The predicted molar refractivity (Wildman–Crippen MR) is 87.9 cm³/mol. The maximum absolute atomic E-state index is 5.87. The summed E-state index contributed by atoms with van der Waals surface area (Å²) in [5, 5.41) is 3.33. The minimum Gasteiger partial charge on any atom is -0.489 e. The van der Waals surface area contributed by atoms with Crippen LogP contribution in [0.4, 0.5) is 5.82 Å². The maximum atomic E-state index is 5.87. The predicted octanol–water partition coefficient (Wildman–Crippen LogP) is 4.61. The largest absolute Gasteiger partial charge is 0.489 e. The molecule has 21 heavy (non-hydrogen) atoms. The molecule has 0 atom stereocenters. The lowest BCUT2D eigenvalue weighted by atomic mass is 10.0. The van der Waals surface area contributed by atoms with E-state index in [1.54, 1.807) is 6.20 Å². The Morgan fingerprint density at radius 1 is 1.14 bits per heavy atom. The number of pyridine rings is 1. The van der Waals surface area contributed by atoms with Crippen LogP contribution in [0.2, 0.25) is 0 Å². The number of hydrogen-bond acceptors (Lipinski definition) is 3. The van der Waals surface area contributed by atoms with E-state index in [1.807, 2.05) is 24.3 Å². The molecule has 2 rings (SSSR count). The Morgan fingerprint density at radius 3 is 2.57 bits per heavy atom. The molecule has 0 saturated carbocycles.